The molecular weight excluding hydrogens is 242 g/mol. The number of nitrogens with one attached hydrogen (secondary N) is 1. The number of hydrogen-bond acceptors (Lipinski definition) is 5. The van der Waals surface area contributed by atoms with Gasteiger partial charge in [-0.25, -0.2) is 13.4 Å². The van der Waals surface area contributed by atoms with E-state index in [1.807, 2.05) is 0 Å². The molecular formula is C9H11N5O2S. The van der Waals surface area contributed by atoms with Crippen molar-refractivity contribution < 1.29 is 8.42 Å². The minimum atomic E-state index is -3.66. The van der Waals surface area contributed by atoms with Crippen LogP contribution < -0.4 is 10.5 Å². The van der Waals surface area contributed by atoms with E-state index in [2.05, 4.69) is 14.8 Å². The number of nitrogens with two attached hydrogens (primary N) is 1. The van der Waals surface area contributed by atoms with Crippen molar-refractivity contribution in [3.8, 4) is 0 Å². The molecule has 0 aliphatic rings. The molecule has 8 heteroatoms. The molecule has 0 aliphatic heterocycles. The van der Waals surface area contributed by atoms with E-state index < -0.39 is 10.0 Å². The lowest BCUT2D eigenvalue weighted by molar-refractivity contribution is 0.600. The van der Waals surface area contributed by atoms with E-state index >= 15 is 0 Å². The van der Waals surface area contributed by atoms with Gasteiger partial charge in [-0.05, 0) is 6.07 Å². The minimum Gasteiger partial charge on any atom is -0.384 e. The molecule has 0 unspecified atom stereocenters. The largest absolute Gasteiger partial charge is 0.384 e. The standard InChI is InChI=1S/C9H11N5O2S/c1-14-9(3-5-12-14)13-17(15,16)7-2-4-11-8(10)6-7/h2-6,13H,1H3,(H2,10,11). The lowest BCUT2D eigenvalue weighted by Gasteiger charge is -2.07. The van der Waals surface area contributed by atoms with Crippen molar-refractivity contribution in [3.63, 3.8) is 0 Å². The highest BCUT2D eigenvalue weighted by atomic mass is 32.2. The fourth-order valence-electron chi connectivity index (χ4n) is 1.27. The second-order valence-corrected chi connectivity index (χ2v) is 5.04. The molecule has 7 nitrogen and oxygen atoms in total. The van der Waals surface area contributed by atoms with E-state index in [-0.39, 0.29) is 10.7 Å². The highest BCUT2D eigenvalue weighted by molar-refractivity contribution is 7.92. The Morgan fingerprint density at radius 3 is 2.71 bits per heavy atom. The van der Waals surface area contributed by atoms with Gasteiger partial charge in [0.15, 0.2) is 0 Å². The van der Waals surface area contributed by atoms with Gasteiger partial charge in [0, 0.05) is 25.4 Å². The molecule has 3 N–H and O–H groups in total. The van der Waals surface area contributed by atoms with Crippen LogP contribution in [0.1, 0.15) is 0 Å². The maximum Gasteiger partial charge on any atom is 0.263 e. The van der Waals surface area contributed by atoms with Gasteiger partial charge in [-0.2, -0.15) is 5.10 Å². The second kappa shape index (κ2) is 4.06. The summed E-state index contributed by atoms with van der Waals surface area (Å²) >= 11 is 0. The van der Waals surface area contributed by atoms with Crippen LogP contribution in [0.15, 0.2) is 35.5 Å². The number of anilines is 2. The van der Waals surface area contributed by atoms with Crippen LogP contribution in [0.2, 0.25) is 0 Å². The molecule has 0 saturated carbocycles. The number of rotatable bonds is 3. The zero-order valence-electron chi connectivity index (χ0n) is 9.03. The number of sulfonamides is 1. The maximum atomic E-state index is 12.0. The highest BCUT2D eigenvalue weighted by Crippen LogP contribution is 2.15. The van der Waals surface area contributed by atoms with Crippen molar-refractivity contribution in [2.75, 3.05) is 10.5 Å². The fraction of sp³-hybridized carbons (Fsp3) is 0.111. The van der Waals surface area contributed by atoms with E-state index in [1.165, 1.54) is 29.2 Å². The van der Waals surface area contributed by atoms with Gasteiger partial charge in [0.1, 0.15) is 11.6 Å². The first kappa shape index (κ1) is 11.4. The monoisotopic (exact) mass is 253 g/mol. The first-order valence-corrected chi connectivity index (χ1v) is 6.20. The Bertz CT molecular complexity index is 634. The van der Waals surface area contributed by atoms with Gasteiger partial charge in [-0.15, -0.1) is 0 Å². The average molecular weight is 253 g/mol. The molecule has 0 radical (unpaired) electrons. The minimum absolute atomic E-state index is 0.0613. The van der Waals surface area contributed by atoms with Gasteiger partial charge in [-0.1, -0.05) is 0 Å². The molecule has 0 amide bonds. The van der Waals surface area contributed by atoms with Crippen molar-refractivity contribution in [1.82, 2.24) is 14.8 Å². The molecule has 2 heterocycles. The lowest BCUT2D eigenvalue weighted by atomic mass is 10.5. The molecule has 0 bridgehead atoms. The number of pyridine rings is 1. The summed E-state index contributed by atoms with van der Waals surface area (Å²) in [6.45, 7) is 0. The van der Waals surface area contributed by atoms with Crippen molar-refractivity contribution >= 4 is 21.7 Å². The van der Waals surface area contributed by atoms with Crippen molar-refractivity contribution in [1.29, 1.82) is 0 Å². The molecule has 0 fully saturated rings. The molecule has 0 aromatic carbocycles. The SMILES string of the molecule is Cn1nccc1NS(=O)(=O)c1ccnc(N)c1. The predicted molar refractivity (Wildman–Crippen MR) is 62.7 cm³/mol. The molecule has 17 heavy (non-hydrogen) atoms. The summed E-state index contributed by atoms with van der Waals surface area (Å²) in [5.41, 5.74) is 5.44. The third kappa shape index (κ3) is 2.36. The topological polar surface area (TPSA) is 103 Å². The predicted octanol–water partition coefficient (Wildman–Crippen LogP) is 0.198. The quantitative estimate of drug-likeness (QED) is 0.813. The van der Waals surface area contributed by atoms with E-state index in [4.69, 9.17) is 5.73 Å². The van der Waals surface area contributed by atoms with Crippen LogP contribution >= 0.6 is 0 Å². The van der Waals surface area contributed by atoms with Gasteiger partial charge in [0.2, 0.25) is 0 Å². The van der Waals surface area contributed by atoms with Gasteiger partial charge in [0.25, 0.3) is 10.0 Å². The van der Waals surface area contributed by atoms with Gasteiger partial charge in [-0.3, -0.25) is 9.40 Å². The zero-order valence-corrected chi connectivity index (χ0v) is 9.85. The van der Waals surface area contributed by atoms with Crippen molar-refractivity contribution in [2.45, 2.75) is 4.90 Å². The van der Waals surface area contributed by atoms with Gasteiger partial charge < -0.3 is 5.73 Å². The summed E-state index contributed by atoms with van der Waals surface area (Å²) < 4.78 is 27.8. The third-order valence-electron chi connectivity index (χ3n) is 2.12. The van der Waals surface area contributed by atoms with E-state index in [0.29, 0.717) is 5.82 Å². The number of nitrogen functional groups attached to an aromatic ring is 1. The Morgan fingerprint density at radius 2 is 2.12 bits per heavy atom. The van der Waals surface area contributed by atoms with E-state index in [0.717, 1.165) is 0 Å². The molecule has 0 saturated heterocycles. The highest BCUT2D eigenvalue weighted by Gasteiger charge is 2.16. The smallest absolute Gasteiger partial charge is 0.263 e. The Hall–Kier alpha value is -2.09. The second-order valence-electron chi connectivity index (χ2n) is 3.36. The Labute approximate surface area is 98.3 Å². The fourth-order valence-corrected chi connectivity index (χ4v) is 2.37. The summed E-state index contributed by atoms with van der Waals surface area (Å²) in [5.74, 6) is 0.526. The maximum absolute atomic E-state index is 12.0. The Balaban J connectivity index is 2.35. The van der Waals surface area contributed by atoms with E-state index in [1.54, 1.807) is 13.1 Å². The number of aromatic nitrogens is 3. The van der Waals surface area contributed by atoms with Crippen molar-refractivity contribution in [2.24, 2.45) is 7.05 Å². The first-order valence-electron chi connectivity index (χ1n) is 4.71. The van der Waals surface area contributed by atoms with Crippen LogP contribution in [0.5, 0.6) is 0 Å². The summed E-state index contributed by atoms with van der Waals surface area (Å²) in [6, 6.07) is 4.22. The number of nitrogens with zero attached hydrogens (tertiary/aromatic N) is 3. The molecule has 0 spiro atoms. The Kier molecular flexibility index (Phi) is 2.72. The zero-order chi connectivity index (χ0) is 12.5. The van der Waals surface area contributed by atoms with Crippen LogP contribution in [-0.4, -0.2) is 23.2 Å². The van der Waals surface area contributed by atoms with Gasteiger partial charge in [0.05, 0.1) is 11.1 Å². The van der Waals surface area contributed by atoms with Crippen LogP contribution in [0.25, 0.3) is 0 Å². The average Bonchev–Trinajstić information content (AvgIpc) is 2.64. The lowest BCUT2D eigenvalue weighted by Crippen LogP contribution is -2.15. The summed E-state index contributed by atoms with van der Waals surface area (Å²) in [4.78, 5) is 3.80. The molecule has 0 aliphatic carbocycles. The van der Waals surface area contributed by atoms with Gasteiger partial charge >= 0.3 is 0 Å². The molecule has 2 aromatic heterocycles. The van der Waals surface area contributed by atoms with Crippen LogP contribution in [0.3, 0.4) is 0 Å². The summed E-state index contributed by atoms with van der Waals surface area (Å²) in [6.07, 6.45) is 2.84. The third-order valence-corrected chi connectivity index (χ3v) is 3.48. The molecule has 2 aromatic rings. The molecule has 90 valence electrons. The summed E-state index contributed by atoms with van der Waals surface area (Å²) in [5, 5.41) is 3.86. The normalized spacial score (nSPS) is 11.4. The van der Waals surface area contributed by atoms with Crippen LogP contribution in [0.4, 0.5) is 11.6 Å². The van der Waals surface area contributed by atoms with Crippen molar-refractivity contribution in [3.05, 3.63) is 30.6 Å². The molecule has 2 rings (SSSR count). The van der Waals surface area contributed by atoms with E-state index in [9.17, 15) is 8.42 Å². The first-order chi connectivity index (χ1) is 7.99. The summed E-state index contributed by atoms with van der Waals surface area (Å²) in [7, 11) is -2.02. The van der Waals surface area contributed by atoms with Crippen LogP contribution in [-0.2, 0) is 17.1 Å². The molecule has 0 atom stereocenters. The number of aryl methyl sites for hydroxylation is 1. The van der Waals surface area contributed by atoms with Crippen LogP contribution in [0, 0.1) is 0 Å². The Morgan fingerprint density at radius 1 is 1.35 bits per heavy atom. The number of hydrogen-bond donors (Lipinski definition) is 2.